The molecule has 0 spiro atoms. The van der Waals surface area contributed by atoms with E-state index in [9.17, 15) is 22.4 Å². The fourth-order valence-corrected chi connectivity index (χ4v) is 2.00. The average molecular weight is 344 g/mol. The zero-order valence-electron chi connectivity index (χ0n) is 12.9. The van der Waals surface area contributed by atoms with Gasteiger partial charge >= 0.3 is 6.18 Å². The van der Waals surface area contributed by atoms with Crippen molar-refractivity contribution in [2.24, 2.45) is 0 Å². The predicted molar refractivity (Wildman–Crippen MR) is 85.9 cm³/mol. The van der Waals surface area contributed by atoms with Gasteiger partial charge < -0.3 is 0 Å². The van der Waals surface area contributed by atoms with Crippen molar-refractivity contribution in [2.45, 2.75) is 18.5 Å². The molecule has 0 aliphatic rings. The van der Waals surface area contributed by atoms with Gasteiger partial charge in [0.05, 0.1) is 5.92 Å². The van der Waals surface area contributed by atoms with Gasteiger partial charge in [0.25, 0.3) is 0 Å². The summed E-state index contributed by atoms with van der Waals surface area (Å²) in [5.74, 6) is 7.12. The molecule has 0 amide bonds. The molecule has 2 aromatic carbocycles. The number of rotatable bonds is 3. The van der Waals surface area contributed by atoms with Crippen LogP contribution in [0.2, 0.25) is 0 Å². The lowest BCUT2D eigenvalue weighted by Crippen LogP contribution is -2.24. The third-order valence-corrected chi connectivity index (χ3v) is 3.27. The molecule has 0 fully saturated rings. The first-order valence-electron chi connectivity index (χ1n) is 7.28. The van der Waals surface area contributed by atoms with Crippen LogP contribution in [0.3, 0.4) is 0 Å². The van der Waals surface area contributed by atoms with Gasteiger partial charge in [-0.05, 0) is 41.7 Å². The van der Waals surface area contributed by atoms with Gasteiger partial charge in [0.15, 0.2) is 0 Å². The Morgan fingerprint density at radius 1 is 0.960 bits per heavy atom. The summed E-state index contributed by atoms with van der Waals surface area (Å²) in [5.41, 5.74) is 1.04. The molecule has 1 atom stereocenters. The second-order valence-corrected chi connectivity index (χ2v) is 5.11. The van der Waals surface area contributed by atoms with Crippen molar-refractivity contribution in [1.82, 2.24) is 0 Å². The smallest absolute Gasteiger partial charge is 0.290 e. The molecule has 25 heavy (non-hydrogen) atoms. The maximum absolute atomic E-state index is 12.8. The van der Waals surface area contributed by atoms with Crippen LogP contribution in [0.25, 0.3) is 0 Å². The van der Waals surface area contributed by atoms with Crippen LogP contribution in [0.1, 0.15) is 23.5 Å². The number of hydrogen-bond acceptors (Lipinski definition) is 1. The largest absolute Gasteiger partial charge is 0.450 e. The van der Waals surface area contributed by atoms with E-state index in [0.717, 1.165) is 0 Å². The van der Waals surface area contributed by atoms with Crippen LogP contribution >= 0.6 is 0 Å². The van der Waals surface area contributed by atoms with Crippen molar-refractivity contribution < 1.29 is 22.4 Å². The van der Waals surface area contributed by atoms with E-state index in [2.05, 4.69) is 23.7 Å². The topological polar surface area (TPSA) is 17.1 Å². The number of benzene rings is 2. The Kier molecular flexibility index (Phi) is 5.98. The predicted octanol–water partition coefficient (Wildman–Crippen LogP) is 4.49. The minimum atomic E-state index is -4.89. The number of alkyl halides is 3. The van der Waals surface area contributed by atoms with E-state index in [1.165, 1.54) is 24.3 Å². The molecule has 5 heteroatoms. The normalized spacial score (nSPS) is 11.5. The first-order valence-corrected chi connectivity index (χ1v) is 7.28. The Balaban J connectivity index is 2.20. The van der Waals surface area contributed by atoms with Gasteiger partial charge in [-0.2, -0.15) is 13.2 Å². The third-order valence-electron chi connectivity index (χ3n) is 3.27. The van der Waals surface area contributed by atoms with Gasteiger partial charge in [-0.3, -0.25) is 4.79 Å². The number of halogens is 4. The first kappa shape index (κ1) is 18.3. The Morgan fingerprint density at radius 3 is 2.20 bits per heavy atom. The van der Waals surface area contributed by atoms with Crippen LogP contribution < -0.4 is 0 Å². The lowest BCUT2D eigenvalue weighted by molar-refractivity contribution is -0.171. The van der Waals surface area contributed by atoms with Crippen molar-refractivity contribution in [1.29, 1.82) is 0 Å². The maximum Gasteiger partial charge on any atom is 0.450 e. The Hall–Kier alpha value is -3.05. The van der Waals surface area contributed by atoms with Crippen LogP contribution in [0, 0.1) is 29.5 Å². The van der Waals surface area contributed by atoms with E-state index in [1.807, 2.05) is 0 Å². The van der Waals surface area contributed by atoms with Crippen molar-refractivity contribution >= 4 is 5.78 Å². The van der Waals surface area contributed by atoms with Gasteiger partial charge in [-0.1, -0.05) is 42.2 Å². The molecule has 0 unspecified atom stereocenters. The number of hydrogen-bond donors (Lipinski definition) is 0. The molecule has 0 saturated carbocycles. The molecule has 2 aromatic rings. The Morgan fingerprint density at radius 2 is 1.60 bits per heavy atom. The summed E-state index contributed by atoms with van der Waals surface area (Å²) in [5, 5.41) is 0. The van der Waals surface area contributed by atoms with Crippen LogP contribution in [0.15, 0.2) is 54.6 Å². The second-order valence-electron chi connectivity index (χ2n) is 5.11. The summed E-state index contributed by atoms with van der Waals surface area (Å²) in [4.78, 5) is 11.3. The van der Waals surface area contributed by atoms with Gasteiger partial charge in [-0.25, -0.2) is 4.39 Å². The minimum absolute atomic E-state index is 0.397. The van der Waals surface area contributed by atoms with Crippen molar-refractivity contribution in [3.63, 3.8) is 0 Å². The van der Waals surface area contributed by atoms with E-state index < -0.39 is 30.1 Å². The molecule has 0 saturated heterocycles. The number of carbonyl (C=O) groups is 1. The standard InChI is InChI=1S/C20H12F4O/c21-18-12-10-15(11-13-18)6-4-5-9-17(14-19(25)20(22,23)24)16-7-2-1-3-8-16/h1-3,7-8,10-13,17H,14H2/t17-/m1/s1. The Bertz CT molecular complexity index is 844. The summed E-state index contributed by atoms with van der Waals surface area (Å²) in [6, 6.07) is 13.7. The molecule has 0 aromatic heterocycles. The SMILES string of the molecule is O=C(C[C@@H](C#CC#Cc1ccc(F)cc1)c1ccccc1)C(F)(F)F. The van der Waals surface area contributed by atoms with Crippen LogP contribution in [0.4, 0.5) is 17.6 Å². The zero-order chi connectivity index (χ0) is 18.3. The zero-order valence-corrected chi connectivity index (χ0v) is 12.9. The molecule has 0 aliphatic heterocycles. The molecule has 0 radical (unpaired) electrons. The fraction of sp³-hybridized carbons (Fsp3) is 0.150. The van der Waals surface area contributed by atoms with Crippen molar-refractivity contribution in [2.75, 3.05) is 0 Å². The highest BCUT2D eigenvalue weighted by Crippen LogP contribution is 2.25. The molecule has 2 rings (SSSR count). The summed E-state index contributed by atoms with van der Waals surface area (Å²) < 4.78 is 50.3. The van der Waals surface area contributed by atoms with Crippen LogP contribution in [-0.2, 0) is 4.79 Å². The maximum atomic E-state index is 12.8. The fourth-order valence-electron chi connectivity index (χ4n) is 2.00. The second kappa shape index (κ2) is 8.17. The monoisotopic (exact) mass is 344 g/mol. The van der Waals surface area contributed by atoms with E-state index >= 15 is 0 Å². The van der Waals surface area contributed by atoms with Crippen LogP contribution in [0.5, 0.6) is 0 Å². The van der Waals surface area contributed by atoms with Crippen molar-refractivity contribution in [3.8, 4) is 23.7 Å². The molecule has 0 heterocycles. The molecule has 1 nitrogen and oxygen atoms in total. The van der Waals surface area contributed by atoms with Gasteiger partial charge in [0, 0.05) is 12.0 Å². The lowest BCUT2D eigenvalue weighted by atomic mass is 9.94. The van der Waals surface area contributed by atoms with Gasteiger partial charge in [0.1, 0.15) is 5.82 Å². The first-order chi connectivity index (χ1) is 11.9. The summed E-state index contributed by atoms with van der Waals surface area (Å²) >= 11 is 0. The number of ketones is 1. The molecule has 0 bridgehead atoms. The van der Waals surface area contributed by atoms with Crippen molar-refractivity contribution in [3.05, 3.63) is 71.5 Å². The summed E-state index contributed by atoms with van der Waals surface area (Å²) in [7, 11) is 0. The lowest BCUT2D eigenvalue weighted by Gasteiger charge is -2.11. The highest BCUT2D eigenvalue weighted by molar-refractivity contribution is 5.85. The number of carbonyl (C=O) groups excluding carboxylic acids is 1. The van der Waals surface area contributed by atoms with E-state index in [4.69, 9.17) is 0 Å². The molecule has 0 N–H and O–H groups in total. The highest BCUT2D eigenvalue weighted by Gasteiger charge is 2.39. The number of Topliss-reactive ketones (excluding diaryl/α,β-unsaturated/α-hetero) is 1. The molecular weight excluding hydrogens is 332 g/mol. The molecule has 0 aliphatic carbocycles. The Labute approximate surface area is 142 Å². The summed E-state index contributed by atoms with van der Waals surface area (Å²) in [6.45, 7) is 0. The van der Waals surface area contributed by atoms with E-state index in [1.54, 1.807) is 30.3 Å². The molecular formula is C20H12F4O. The van der Waals surface area contributed by atoms with Gasteiger partial charge in [0.2, 0.25) is 5.78 Å². The quantitative estimate of drug-likeness (QED) is 0.592. The average Bonchev–Trinajstić information content (AvgIpc) is 2.59. The summed E-state index contributed by atoms with van der Waals surface area (Å²) in [6.07, 6.45) is -5.66. The molecule has 126 valence electrons. The highest BCUT2D eigenvalue weighted by atomic mass is 19.4. The minimum Gasteiger partial charge on any atom is -0.290 e. The van der Waals surface area contributed by atoms with Crippen LogP contribution in [-0.4, -0.2) is 12.0 Å². The van der Waals surface area contributed by atoms with E-state index in [-0.39, 0.29) is 0 Å². The third kappa shape index (κ3) is 5.82. The van der Waals surface area contributed by atoms with Gasteiger partial charge in [-0.15, -0.1) is 0 Å². The van der Waals surface area contributed by atoms with E-state index in [0.29, 0.717) is 11.1 Å².